The minimum atomic E-state index is -1.45. The van der Waals surface area contributed by atoms with Crippen molar-refractivity contribution in [2.45, 2.75) is 18.5 Å². The van der Waals surface area contributed by atoms with Gasteiger partial charge in [-0.3, -0.25) is 9.59 Å². The Hall–Kier alpha value is -1.67. The number of carboxylic acids is 2. The summed E-state index contributed by atoms with van der Waals surface area (Å²) in [5.74, 6) is -3.61. The molecule has 0 aromatic heterocycles. The van der Waals surface area contributed by atoms with E-state index >= 15 is 0 Å². The lowest BCUT2D eigenvalue weighted by atomic mass is 10.2. The highest BCUT2D eigenvalue weighted by Gasteiger charge is 2.22. The summed E-state index contributed by atoms with van der Waals surface area (Å²) in [5, 5.41) is 27.3. The molecule has 15 heavy (non-hydrogen) atoms. The highest BCUT2D eigenvalue weighted by Crippen LogP contribution is 1.91. The lowest BCUT2D eigenvalue weighted by Gasteiger charge is -2.12. The Kier molecular flexibility index (Phi) is 5.27. The van der Waals surface area contributed by atoms with Crippen LogP contribution in [0.1, 0.15) is 6.42 Å². The first-order valence-corrected chi connectivity index (χ1v) is 4.00. The fourth-order valence-electron chi connectivity index (χ4n) is 0.726. The van der Waals surface area contributed by atoms with Crippen LogP contribution in [0.2, 0.25) is 0 Å². The van der Waals surface area contributed by atoms with Crippen molar-refractivity contribution in [3.05, 3.63) is 0 Å². The van der Waals surface area contributed by atoms with Gasteiger partial charge in [0.25, 0.3) is 0 Å². The fourth-order valence-corrected chi connectivity index (χ4v) is 0.726. The molecule has 0 unspecified atom stereocenters. The summed E-state index contributed by atoms with van der Waals surface area (Å²) in [4.78, 5) is 31.6. The van der Waals surface area contributed by atoms with E-state index in [1.165, 1.54) is 0 Å². The largest absolute Gasteiger partial charge is 0.480 e. The quantitative estimate of drug-likeness (QED) is 0.328. The molecule has 0 radical (unpaired) electrons. The SMILES string of the molecule is N[C@@H](CC(=O)N[C@@H](CO)C(=O)O)C(=O)O. The molecule has 0 aromatic carbocycles. The molecule has 0 aliphatic carbocycles. The Morgan fingerprint density at radius 3 is 2.07 bits per heavy atom. The first-order chi connectivity index (χ1) is 6.88. The summed E-state index contributed by atoms with van der Waals surface area (Å²) in [7, 11) is 0. The highest BCUT2D eigenvalue weighted by molar-refractivity contribution is 5.87. The molecular weight excluding hydrogens is 208 g/mol. The van der Waals surface area contributed by atoms with Crippen LogP contribution in [0.3, 0.4) is 0 Å². The van der Waals surface area contributed by atoms with Crippen LogP contribution in [0.15, 0.2) is 0 Å². The number of hydrogen-bond donors (Lipinski definition) is 5. The number of aliphatic carboxylic acids is 2. The van der Waals surface area contributed by atoms with Gasteiger partial charge in [-0.25, -0.2) is 4.79 Å². The first-order valence-electron chi connectivity index (χ1n) is 4.00. The topological polar surface area (TPSA) is 150 Å². The number of nitrogens with two attached hydrogens (primary N) is 1. The van der Waals surface area contributed by atoms with Gasteiger partial charge in [0.15, 0.2) is 0 Å². The van der Waals surface area contributed by atoms with Crippen LogP contribution < -0.4 is 11.1 Å². The summed E-state index contributed by atoms with van der Waals surface area (Å²) < 4.78 is 0. The number of aliphatic hydroxyl groups is 1. The van der Waals surface area contributed by atoms with E-state index in [1.807, 2.05) is 5.32 Å². The molecule has 0 bridgehead atoms. The highest BCUT2D eigenvalue weighted by atomic mass is 16.4. The second-order valence-electron chi connectivity index (χ2n) is 2.79. The molecule has 0 spiro atoms. The summed E-state index contributed by atoms with van der Waals surface area (Å²) in [5.41, 5.74) is 5.04. The molecule has 0 aliphatic rings. The maximum Gasteiger partial charge on any atom is 0.328 e. The van der Waals surface area contributed by atoms with Crippen LogP contribution in [0.25, 0.3) is 0 Å². The molecule has 0 rings (SSSR count). The number of carboxylic acid groups (broad SMARTS) is 2. The Balaban J connectivity index is 4.13. The van der Waals surface area contributed by atoms with E-state index in [0.29, 0.717) is 0 Å². The zero-order valence-electron chi connectivity index (χ0n) is 7.71. The fraction of sp³-hybridized carbons (Fsp3) is 0.571. The Labute approximate surface area is 84.7 Å². The van der Waals surface area contributed by atoms with Crippen molar-refractivity contribution in [2.24, 2.45) is 5.73 Å². The smallest absolute Gasteiger partial charge is 0.328 e. The molecule has 0 saturated heterocycles. The number of carbonyl (C=O) groups excluding carboxylic acids is 1. The molecule has 8 heteroatoms. The number of amides is 1. The molecule has 0 aliphatic heterocycles. The van der Waals surface area contributed by atoms with Crippen molar-refractivity contribution in [1.82, 2.24) is 5.32 Å². The zero-order chi connectivity index (χ0) is 12.0. The second-order valence-corrected chi connectivity index (χ2v) is 2.79. The molecule has 86 valence electrons. The van der Waals surface area contributed by atoms with Gasteiger partial charge in [0.05, 0.1) is 13.0 Å². The van der Waals surface area contributed by atoms with E-state index in [1.54, 1.807) is 0 Å². The van der Waals surface area contributed by atoms with E-state index in [0.717, 1.165) is 0 Å². The Bertz CT molecular complexity index is 266. The Morgan fingerprint density at radius 2 is 1.73 bits per heavy atom. The standard InChI is InChI=1S/C7H12N2O6/c8-3(6(12)13)1-5(11)9-4(2-10)7(14)15/h3-4,10H,1-2,8H2,(H,9,11)(H,12,13)(H,14,15)/t3-,4-/m0/s1. The zero-order valence-corrected chi connectivity index (χ0v) is 7.71. The van der Waals surface area contributed by atoms with Gasteiger partial charge in [-0.05, 0) is 0 Å². The molecule has 0 fully saturated rings. The molecule has 6 N–H and O–H groups in total. The Morgan fingerprint density at radius 1 is 1.20 bits per heavy atom. The third-order valence-corrected chi connectivity index (χ3v) is 1.54. The van der Waals surface area contributed by atoms with Crippen molar-refractivity contribution in [3.63, 3.8) is 0 Å². The normalized spacial score (nSPS) is 14.0. The van der Waals surface area contributed by atoms with Crippen molar-refractivity contribution < 1.29 is 29.7 Å². The number of carbonyl (C=O) groups is 3. The van der Waals surface area contributed by atoms with Crippen molar-refractivity contribution in [3.8, 4) is 0 Å². The maximum absolute atomic E-state index is 11.0. The van der Waals surface area contributed by atoms with E-state index in [4.69, 9.17) is 21.1 Å². The van der Waals surface area contributed by atoms with Crippen LogP contribution in [0, 0.1) is 0 Å². The molecular formula is C7H12N2O6. The van der Waals surface area contributed by atoms with E-state index in [2.05, 4.69) is 0 Å². The molecule has 8 nitrogen and oxygen atoms in total. The number of rotatable bonds is 6. The van der Waals surface area contributed by atoms with Gasteiger partial charge in [0, 0.05) is 0 Å². The van der Waals surface area contributed by atoms with Gasteiger partial charge in [-0.2, -0.15) is 0 Å². The molecule has 1 amide bonds. The van der Waals surface area contributed by atoms with Gasteiger partial charge < -0.3 is 26.4 Å². The average Bonchev–Trinajstić information content (AvgIpc) is 2.13. The first kappa shape index (κ1) is 13.3. The van der Waals surface area contributed by atoms with E-state index in [-0.39, 0.29) is 0 Å². The summed E-state index contributed by atoms with van der Waals surface area (Å²) >= 11 is 0. The van der Waals surface area contributed by atoms with Crippen molar-refractivity contribution in [1.29, 1.82) is 0 Å². The average molecular weight is 220 g/mol. The second kappa shape index (κ2) is 5.94. The summed E-state index contributed by atoms with van der Waals surface area (Å²) in [6.45, 7) is -0.774. The van der Waals surface area contributed by atoms with Crippen LogP contribution in [0.4, 0.5) is 0 Å². The van der Waals surface area contributed by atoms with Gasteiger partial charge in [-0.15, -0.1) is 0 Å². The predicted molar refractivity (Wildman–Crippen MR) is 46.9 cm³/mol. The van der Waals surface area contributed by atoms with E-state index < -0.39 is 43.0 Å². The van der Waals surface area contributed by atoms with Gasteiger partial charge >= 0.3 is 11.9 Å². The maximum atomic E-state index is 11.0. The number of aliphatic hydroxyl groups excluding tert-OH is 1. The van der Waals surface area contributed by atoms with Crippen LogP contribution in [-0.2, 0) is 14.4 Å². The molecule has 0 heterocycles. The summed E-state index contributed by atoms with van der Waals surface area (Å²) in [6.07, 6.45) is -0.543. The molecule has 0 saturated carbocycles. The van der Waals surface area contributed by atoms with Gasteiger partial charge in [0.1, 0.15) is 12.1 Å². The summed E-state index contributed by atoms with van der Waals surface area (Å²) in [6, 6.07) is -2.84. The van der Waals surface area contributed by atoms with Crippen LogP contribution in [0.5, 0.6) is 0 Å². The third-order valence-electron chi connectivity index (χ3n) is 1.54. The third kappa shape index (κ3) is 4.93. The monoisotopic (exact) mass is 220 g/mol. The molecule has 0 aromatic rings. The van der Waals surface area contributed by atoms with E-state index in [9.17, 15) is 14.4 Å². The minimum absolute atomic E-state index is 0.543. The number of hydrogen-bond acceptors (Lipinski definition) is 5. The predicted octanol–water partition coefficient (Wildman–Crippen LogP) is -2.65. The van der Waals surface area contributed by atoms with Gasteiger partial charge in [-0.1, -0.05) is 0 Å². The van der Waals surface area contributed by atoms with Gasteiger partial charge in [0.2, 0.25) is 5.91 Å². The van der Waals surface area contributed by atoms with Crippen LogP contribution >= 0.6 is 0 Å². The minimum Gasteiger partial charge on any atom is -0.480 e. The van der Waals surface area contributed by atoms with Crippen LogP contribution in [-0.4, -0.2) is 51.9 Å². The lowest BCUT2D eigenvalue weighted by Crippen LogP contribution is -2.46. The van der Waals surface area contributed by atoms with Crippen molar-refractivity contribution >= 4 is 17.8 Å². The number of nitrogens with one attached hydrogen (secondary N) is 1. The lowest BCUT2D eigenvalue weighted by molar-refractivity contribution is -0.143. The molecule has 2 atom stereocenters. The van der Waals surface area contributed by atoms with Crippen molar-refractivity contribution in [2.75, 3.05) is 6.61 Å².